The highest BCUT2D eigenvalue weighted by molar-refractivity contribution is 5.59. The zero-order valence-corrected chi connectivity index (χ0v) is 13.5. The predicted molar refractivity (Wildman–Crippen MR) is 89.9 cm³/mol. The second-order valence-electron chi connectivity index (χ2n) is 5.48. The first-order chi connectivity index (χ1) is 10.7. The van der Waals surface area contributed by atoms with Gasteiger partial charge >= 0.3 is 0 Å². The molecule has 22 heavy (non-hydrogen) atoms. The quantitative estimate of drug-likeness (QED) is 0.714. The van der Waals surface area contributed by atoms with Crippen LogP contribution in [0.25, 0.3) is 11.3 Å². The van der Waals surface area contributed by atoms with Crippen molar-refractivity contribution in [1.29, 1.82) is 0 Å². The maximum atomic E-state index is 9.82. The summed E-state index contributed by atoms with van der Waals surface area (Å²) in [5, 5.41) is 9.82. The van der Waals surface area contributed by atoms with Crippen molar-refractivity contribution in [3.63, 3.8) is 0 Å². The molecule has 0 aliphatic rings. The molecular weight excluding hydrogens is 274 g/mol. The molecular formula is C19H25NO2. The standard InChI is InChI=1S/C19H25NO2/c1-3-5-6-13-22-17-11-12-18(20-14-17)15-7-9-16(10-8-15)19(21)4-2/h7-12,14,19,21H,3-6,13H2,1-2H3. The number of aliphatic hydroxyl groups excluding tert-OH is 1. The Morgan fingerprint density at radius 2 is 1.82 bits per heavy atom. The molecule has 0 amide bonds. The minimum Gasteiger partial charge on any atom is -0.492 e. The van der Waals surface area contributed by atoms with Gasteiger partial charge in [0.1, 0.15) is 5.75 Å². The summed E-state index contributed by atoms with van der Waals surface area (Å²) in [5.41, 5.74) is 2.91. The number of hydrogen-bond acceptors (Lipinski definition) is 3. The molecule has 1 aromatic carbocycles. The average molecular weight is 299 g/mol. The van der Waals surface area contributed by atoms with Gasteiger partial charge in [-0.2, -0.15) is 0 Å². The van der Waals surface area contributed by atoms with E-state index in [9.17, 15) is 5.11 Å². The van der Waals surface area contributed by atoms with Gasteiger partial charge in [-0.1, -0.05) is 51.0 Å². The second kappa shape index (κ2) is 8.54. The van der Waals surface area contributed by atoms with Crippen molar-refractivity contribution in [3.05, 3.63) is 48.2 Å². The van der Waals surface area contributed by atoms with Gasteiger partial charge in [-0.05, 0) is 30.5 Å². The summed E-state index contributed by atoms with van der Waals surface area (Å²) in [4.78, 5) is 4.46. The highest BCUT2D eigenvalue weighted by Gasteiger charge is 2.05. The number of pyridine rings is 1. The van der Waals surface area contributed by atoms with E-state index in [0.717, 1.165) is 42.0 Å². The van der Waals surface area contributed by atoms with Gasteiger partial charge in [0.2, 0.25) is 0 Å². The van der Waals surface area contributed by atoms with Gasteiger partial charge in [0.25, 0.3) is 0 Å². The Morgan fingerprint density at radius 1 is 1.05 bits per heavy atom. The normalized spacial score (nSPS) is 12.1. The smallest absolute Gasteiger partial charge is 0.137 e. The Labute approximate surface area is 133 Å². The molecule has 0 spiro atoms. The van der Waals surface area contributed by atoms with Crippen LogP contribution in [-0.4, -0.2) is 16.7 Å². The maximum Gasteiger partial charge on any atom is 0.137 e. The van der Waals surface area contributed by atoms with Crippen molar-refractivity contribution in [1.82, 2.24) is 4.98 Å². The van der Waals surface area contributed by atoms with Crippen LogP contribution < -0.4 is 4.74 Å². The van der Waals surface area contributed by atoms with Crippen molar-refractivity contribution in [2.24, 2.45) is 0 Å². The van der Waals surface area contributed by atoms with Gasteiger partial charge < -0.3 is 9.84 Å². The molecule has 0 saturated carbocycles. The lowest BCUT2D eigenvalue weighted by Gasteiger charge is -2.09. The van der Waals surface area contributed by atoms with Crippen LogP contribution in [0.1, 0.15) is 51.2 Å². The fourth-order valence-electron chi connectivity index (χ4n) is 2.29. The summed E-state index contributed by atoms with van der Waals surface area (Å²) >= 11 is 0. The number of ether oxygens (including phenoxy) is 1. The summed E-state index contributed by atoms with van der Waals surface area (Å²) in [6.45, 7) is 4.90. The van der Waals surface area contributed by atoms with Gasteiger partial charge in [-0.3, -0.25) is 4.98 Å². The highest BCUT2D eigenvalue weighted by atomic mass is 16.5. The molecule has 3 nitrogen and oxygen atoms in total. The van der Waals surface area contributed by atoms with E-state index in [-0.39, 0.29) is 6.10 Å². The van der Waals surface area contributed by atoms with Crippen LogP contribution in [0.15, 0.2) is 42.6 Å². The molecule has 2 aromatic rings. The van der Waals surface area contributed by atoms with Crippen LogP contribution in [-0.2, 0) is 0 Å². The van der Waals surface area contributed by atoms with Crippen LogP contribution >= 0.6 is 0 Å². The Balaban J connectivity index is 1.97. The van der Waals surface area contributed by atoms with Crippen molar-refractivity contribution < 1.29 is 9.84 Å². The molecule has 1 N–H and O–H groups in total. The zero-order chi connectivity index (χ0) is 15.8. The van der Waals surface area contributed by atoms with Crippen LogP contribution in [0.2, 0.25) is 0 Å². The molecule has 0 saturated heterocycles. The third-order valence-corrected chi connectivity index (χ3v) is 3.73. The number of nitrogens with zero attached hydrogens (tertiary/aromatic N) is 1. The molecule has 1 atom stereocenters. The summed E-state index contributed by atoms with van der Waals surface area (Å²) in [6, 6.07) is 11.8. The minimum atomic E-state index is -0.388. The Hall–Kier alpha value is -1.87. The lowest BCUT2D eigenvalue weighted by molar-refractivity contribution is 0.173. The van der Waals surface area contributed by atoms with E-state index in [1.54, 1.807) is 6.20 Å². The molecule has 0 aliphatic carbocycles. The molecule has 1 heterocycles. The molecule has 1 unspecified atom stereocenters. The largest absolute Gasteiger partial charge is 0.492 e. The summed E-state index contributed by atoms with van der Waals surface area (Å²) in [7, 11) is 0. The SMILES string of the molecule is CCCCCOc1ccc(-c2ccc(C(O)CC)cc2)nc1. The Morgan fingerprint density at radius 3 is 2.41 bits per heavy atom. The molecule has 0 aliphatic heterocycles. The first-order valence-electron chi connectivity index (χ1n) is 8.11. The number of rotatable bonds is 8. The Kier molecular flexibility index (Phi) is 6.41. The van der Waals surface area contributed by atoms with Crippen molar-refractivity contribution in [2.45, 2.75) is 45.6 Å². The number of unbranched alkanes of at least 4 members (excludes halogenated alkanes) is 2. The van der Waals surface area contributed by atoms with Gasteiger partial charge in [0.15, 0.2) is 0 Å². The highest BCUT2D eigenvalue weighted by Crippen LogP contribution is 2.23. The van der Waals surface area contributed by atoms with Gasteiger partial charge in [-0.15, -0.1) is 0 Å². The topological polar surface area (TPSA) is 42.4 Å². The lowest BCUT2D eigenvalue weighted by atomic mass is 10.0. The van der Waals surface area contributed by atoms with Gasteiger partial charge in [0.05, 0.1) is 24.6 Å². The van der Waals surface area contributed by atoms with Gasteiger partial charge in [-0.25, -0.2) is 0 Å². The summed E-state index contributed by atoms with van der Waals surface area (Å²) in [5.74, 6) is 0.817. The number of hydrogen-bond donors (Lipinski definition) is 1. The lowest BCUT2D eigenvalue weighted by Crippen LogP contribution is -1.97. The third kappa shape index (κ3) is 4.57. The van der Waals surface area contributed by atoms with E-state index in [0.29, 0.717) is 0 Å². The molecule has 0 bridgehead atoms. The first-order valence-corrected chi connectivity index (χ1v) is 8.11. The molecule has 0 radical (unpaired) electrons. The van der Waals surface area contributed by atoms with Crippen LogP contribution in [0.3, 0.4) is 0 Å². The van der Waals surface area contributed by atoms with Crippen LogP contribution in [0.4, 0.5) is 0 Å². The fourth-order valence-corrected chi connectivity index (χ4v) is 2.29. The van der Waals surface area contributed by atoms with E-state index in [4.69, 9.17) is 4.74 Å². The van der Waals surface area contributed by atoms with Crippen LogP contribution in [0, 0.1) is 0 Å². The summed E-state index contributed by atoms with van der Waals surface area (Å²) < 4.78 is 5.67. The summed E-state index contributed by atoms with van der Waals surface area (Å²) in [6.07, 6.45) is 5.59. The zero-order valence-electron chi connectivity index (χ0n) is 13.5. The first kappa shape index (κ1) is 16.5. The van der Waals surface area contributed by atoms with Crippen molar-refractivity contribution >= 4 is 0 Å². The third-order valence-electron chi connectivity index (χ3n) is 3.73. The van der Waals surface area contributed by atoms with Crippen molar-refractivity contribution in [3.8, 4) is 17.0 Å². The fraction of sp³-hybridized carbons (Fsp3) is 0.421. The molecule has 0 fully saturated rings. The van der Waals surface area contributed by atoms with E-state index in [1.165, 1.54) is 12.8 Å². The molecule has 3 heteroatoms. The van der Waals surface area contributed by atoms with E-state index in [1.807, 2.05) is 43.3 Å². The van der Waals surface area contributed by atoms with Gasteiger partial charge in [0, 0.05) is 5.56 Å². The maximum absolute atomic E-state index is 9.82. The van der Waals surface area contributed by atoms with E-state index in [2.05, 4.69) is 11.9 Å². The number of aromatic nitrogens is 1. The molecule has 118 valence electrons. The monoisotopic (exact) mass is 299 g/mol. The average Bonchev–Trinajstić information content (AvgIpc) is 2.59. The number of benzene rings is 1. The Bertz CT molecular complexity index is 549. The predicted octanol–water partition coefficient (Wildman–Crippen LogP) is 4.76. The minimum absolute atomic E-state index is 0.388. The number of aliphatic hydroxyl groups is 1. The second-order valence-corrected chi connectivity index (χ2v) is 5.48. The molecule has 1 aromatic heterocycles. The van der Waals surface area contributed by atoms with E-state index >= 15 is 0 Å². The van der Waals surface area contributed by atoms with E-state index < -0.39 is 0 Å². The van der Waals surface area contributed by atoms with Crippen LogP contribution in [0.5, 0.6) is 5.75 Å². The molecule has 2 rings (SSSR count). The van der Waals surface area contributed by atoms with Crippen molar-refractivity contribution in [2.75, 3.05) is 6.61 Å².